The summed E-state index contributed by atoms with van der Waals surface area (Å²) in [5.74, 6) is -0.320. The fraction of sp³-hybridized carbons (Fsp3) is 0.579. The first kappa shape index (κ1) is 22.2. The Hall–Kier alpha value is -2.13. The van der Waals surface area contributed by atoms with Gasteiger partial charge in [0.25, 0.3) is 0 Å². The van der Waals surface area contributed by atoms with E-state index in [4.69, 9.17) is 9.88 Å². The van der Waals surface area contributed by atoms with Crippen molar-refractivity contribution in [2.45, 2.75) is 57.1 Å². The quantitative estimate of drug-likeness (QED) is 0.787. The number of likely N-dealkylation sites (tertiary alicyclic amines) is 1. The molecule has 3 N–H and O–H groups in total. The summed E-state index contributed by atoms with van der Waals surface area (Å²) in [5, 5.41) is 8.08. The van der Waals surface area contributed by atoms with Crippen molar-refractivity contribution in [3.8, 4) is 0 Å². The third-order valence-corrected chi connectivity index (χ3v) is 5.47. The molecular formula is C19H29N3O5S. The van der Waals surface area contributed by atoms with Crippen LogP contribution in [0.5, 0.6) is 0 Å². The Kier molecular flexibility index (Phi) is 6.71. The van der Waals surface area contributed by atoms with Gasteiger partial charge in [0.2, 0.25) is 15.9 Å². The minimum Gasteiger partial charge on any atom is -0.444 e. The predicted octanol–water partition coefficient (Wildman–Crippen LogP) is 2.16. The number of piperidine rings is 1. The van der Waals surface area contributed by atoms with Gasteiger partial charge >= 0.3 is 6.09 Å². The lowest BCUT2D eigenvalue weighted by atomic mass is 9.95. The number of nitrogens with two attached hydrogens (primary N) is 1. The van der Waals surface area contributed by atoms with Gasteiger partial charge in [-0.15, -0.1) is 0 Å². The van der Waals surface area contributed by atoms with Gasteiger partial charge in [0.1, 0.15) is 5.60 Å². The molecule has 156 valence electrons. The SMILES string of the molecule is CC(NC(=O)C1CCN(C(=O)OC(C)(C)C)CC1)c1cccc(S(N)(=O)=O)c1. The van der Waals surface area contributed by atoms with Gasteiger partial charge in [0.15, 0.2) is 0 Å². The lowest BCUT2D eigenvalue weighted by Gasteiger charge is -2.33. The summed E-state index contributed by atoms with van der Waals surface area (Å²) < 4.78 is 28.4. The number of hydrogen-bond acceptors (Lipinski definition) is 5. The highest BCUT2D eigenvalue weighted by Crippen LogP contribution is 2.22. The molecule has 1 aliphatic heterocycles. The molecule has 0 bridgehead atoms. The minimum atomic E-state index is -3.80. The van der Waals surface area contributed by atoms with Crippen molar-refractivity contribution in [2.24, 2.45) is 11.1 Å². The molecule has 2 rings (SSSR count). The number of carbonyl (C=O) groups excluding carboxylic acids is 2. The molecule has 0 aliphatic carbocycles. The highest BCUT2D eigenvalue weighted by molar-refractivity contribution is 7.89. The lowest BCUT2D eigenvalue weighted by Crippen LogP contribution is -2.45. The number of sulfonamides is 1. The van der Waals surface area contributed by atoms with E-state index in [0.29, 0.717) is 31.5 Å². The van der Waals surface area contributed by atoms with Gasteiger partial charge < -0.3 is 15.0 Å². The molecule has 1 fully saturated rings. The van der Waals surface area contributed by atoms with Crippen LogP contribution in [0, 0.1) is 5.92 Å². The normalized spacial score (nSPS) is 17.1. The smallest absolute Gasteiger partial charge is 0.410 e. The number of carbonyl (C=O) groups is 2. The third-order valence-electron chi connectivity index (χ3n) is 4.56. The van der Waals surface area contributed by atoms with Crippen LogP contribution in [0.1, 0.15) is 52.1 Å². The molecule has 0 spiro atoms. The zero-order chi connectivity index (χ0) is 21.1. The molecule has 1 aromatic rings. The van der Waals surface area contributed by atoms with Crippen LogP contribution >= 0.6 is 0 Å². The second-order valence-electron chi connectivity index (χ2n) is 8.09. The Morgan fingerprint density at radius 2 is 1.86 bits per heavy atom. The largest absolute Gasteiger partial charge is 0.444 e. The zero-order valence-electron chi connectivity index (χ0n) is 16.8. The lowest BCUT2D eigenvalue weighted by molar-refractivity contribution is -0.127. The van der Waals surface area contributed by atoms with Crippen LogP contribution in [0.4, 0.5) is 4.79 Å². The maximum Gasteiger partial charge on any atom is 0.410 e. The van der Waals surface area contributed by atoms with Crippen LogP contribution in [0.2, 0.25) is 0 Å². The fourth-order valence-corrected chi connectivity index (χ4v) is 3.59. The van der Waals surface area contributed by atoms with Gasteiger partial charge in [0, 0.05) is 19.0 Å². The Morgan fingerprint density at radius 1 is 1.25 bits per heavy atom. The average molecular weight is 412 g/mol. The van der Waals surface area contributed by atoms with Crippen LogP contribution in [0.25, 0.3) is 0 Å². The van der Waals surface area contributed by atoms with Crippen LogP contribution in [-0.2, 0) is 19.6 Å². The van der Waals surface area contributed by atoms with E-state index >= 15 is 0 Å². The van der Waals surface area contributed by atoms with Crippen LogP contribution < -0.4 is 10.5 Å². The number of hydrogen-bond donors (Lipinski definition) is 2. The Labute approximate surface area is 166 Å². The third kappa shape index (κ3) is 6.20. The molecule has 2 amide bonds. The number of primary sulfonamides is 1. The van der Waals surface area contributed by atoms with Crippen molar-refractivity contribution < 1.29 is 22.7 Å². The molecule has 0 aromatic heterocycles. The summed E-state index contributed by atoms with van der Waals surface area (Å²) in [6.07, 6.45) is 0.740. The second kappa shape index (κ2) is 8.48. The van der Waals surface area contributed by atoms with Crippen molar-refractivity contribution >= 4 is 22.0 Å². The molecule has 28 heavy (non-hydrogen) atoms. The molecule has 9 heteroatoms. The Balaban J connectivity index is 1.91. The topological polar surface area (TPSA) is 119 Å². The van der Waals surface area contributed by atoms with E-state index in [-0.39, 0.29) is 28.9 Å². The van der Waals surface area contributed by atoms with Crippen molar-refractivity contribution in [1.82, 2.24) is 10.2 Å². The Bertz CT molecular complexity index is 824. The fourth-order valence-electron chi connectivity index (χ4n) is 3.03. The summed E-state index contributed by atoms with van der Waals surface area (Å²) in [5.41, 5.74) is 0.109. The van der Waals surface area contributed by atoms with Gasteiger partial charge in [-0.2, -0.15) is 0 Å². The number of rotatable bonds is 4. The van der Waals surface area contributed by atoms with Crippen LogP contribution in [0.3, 0.4) is 0 Å². The highest BCUT2D eigenvalue weighted by atomic mass is 32.2. The van der Waals surface area contributed by atoms with E-state index in [1.165, 1.54) is 12.1 Å². The molecule has 1 heterocycles. The number of nitrogens with one attached hydrogen (secondary N) is 1. The molecule has 0 saturated carbocycles. The van der Waals surface area contributed by atoms with Gasteiger partial charge in [0.05, 0.1) is 10.9 Å². The van der Waals surface area contributed by atoms with Crippen LogP contribution in [-0.4, -0.2) is 44.0 Å². The minimum absolute atomic E-state index is 0.0109. The number of nitrogens with zero attached hydrogens (tertiary/aromatic N) is 1. The summed E-state index contributed by atoms with van der Waals surface area (Å²) in [7, 11) is -3.80. The van der Waals surface area contributed by atoms with E-state index < -0.39 is 15.6 Å². The van der Waals surface area contributed by atoms with E-state index in [1.54, 1.807) is 24.0 Å². The molecule has 8 nitrogen and oxygen atoms in total. The first-order valence-electron chi connectivity index (χ1n) is 9.28. The van der Waals surface area contributed by atoms with Gasteiger partial charge in [-0.25, -0.2) is 18.4 Å². The number of benzene rings is 1. The van der Waals surface area contributed by atoms with Gasteiger partial charge in [-0.05, 0) is 58.2 Å². The number of amides is 2. The molecule has 1 atom stereocenters. The highest BCUT2D eigenvalue weighted by Gasteiger charge is 2.30. The summed E-state index contributed by atoms with van der Waals surface area (Å²) >= 11 is 0. The van der Waals surface area contributed by atoms with Crippen molar-refractivity contribution in [3.05, 3.63) is 29.8 Å². The monoisotopic (exact) mass is 411 g/mol. The average Bonchev–Trinajstić information content (AvgIpc) is 2.59. The predicted molar refractivity (Wildman–Crippen MR) is 105 cm³/mol. The molecule has 1 unspecified atom stereocenters. The molecule has 1 aliphatic rings. The molecule has 1 aromatic carbocycles. The summed E-state index contributed by atoms with van der Waals surface area (Å²) in [6, 6.07) is 5.85. The standard InChI is InChI=1S/C19H29N3O5S/c1-13(15-6-5-7-16(12-15)28(20,25)26)21-17(23)14-8-10-22(11-9-14)18(24)27-19(2,3)4/h5-7,12-14H,8-11H2,1-4H3,(H,21,23)(H2,20,25,26). The van der Waals surface area contributed by atoms with E-state index in [1.807, 2.05) is 20.8 Å². The van der Waals surface area contributed by atoms with Crippen molar-refractivity contribution in [2.75, 3.05) is 13.1 Å². The molecule has 1 saturated heterocycles. The number of ether oxygens (including phenoxy) is 1. The van der Waals surface area contributed by atoms with Gasteiger partial charge in [-0.1, -0.05) is 12.1 Å². The van der Waals surface area contributed by atoms with Crippen molar-refractivity contribution in [3.63, 3.8) is 0 Å². The molecular weight excluding hydrogens is 382 g/mol. The molecule has 0 radical (unpaired) electrons. The van der Waals surface area contributed by atoms with E-state index in [9.17, 15) is 18.0 Å². The summed E-state index contributed by atoms with van der Waals surface area (Å²) in [4.78, 5) is 26.3. The first-order valence-corrected chi connectivity index (χ1v) is 10.8. The zero-order valence-corrected chi connectivity index (χ0v) is 17.6. The second-order valence-corrected chi connectivity index (χ2v) is 9.65. The first-order chi connectivity index (χ1) is 12.9. The summed E-state index contributed by atoms with van der Waals surface area (Å²) in [6.45, 7) is 8.16. The van der Waals surface area contributed by atoms with E-state index in [0.717, 1.165) is 0 Å². The Morgan fingerprint density at radius 3 is 2.39 bits per heavy atom. The van der Waals surface area contributed by atoms with E-state index in [2.05, 4.69) is 5.32 Å². The maximum atomic E-state index is 12.6. The maximum absolute atomic E-state index is 12.6. The van der Waals surface area contributed by atoms with Gasteiger partial charge in [-0.3, -0.25) is 4.79 Å². The van der Waals surface area contributed by atoms with Crippen LogP contribution in [0.15, 0.2) is 29.2 Å². The van der Waals surface area contributed by atoms with Crippen molar-refractivity contribution in [1.29, 1.82) is 0 Å².